The lowest BCUT2D eigenvalue weighted by Gasteiger charge is -2.38. The Bertz CT molecular complexity index is 366. The summed E-state index contributed by atoms with van der Waals surface area (Å²) in [5.41, 5.74) is 6.00. The van der Waals surface area contributed by atoms with Crippen molar-refractivity contribution in [3.63, 3.8) is 0 Å². The van der Waals surface area contributed by atoms with Gasteiger partial charge in [-0.05, 0) is 35.5 Å². The fraction of sp³-hybridized carbons (Fsp3) is 0.692. The lowest BCUT2D eigenvalue weighted by molar-refractivity contribution is 0.103. The molecular weight excluding hydrogens is 310 g/mol. The number of rotatable bonds is 4. The third kappa shape index (κ3) is 3.14. The van der Waals surface area contributed by atoms with Crippen molar-refractivity contribution in [2.45, 2.75) is 19.9 Å². The Kier molecular flexibility index (Phi) is 5.21. The van der Waals surface area contributed by atoms with E-state index in [9.17, 15) is 0 Å². The second-order valence-corrected chi connectivity index (χ2v) is 6.92. The molecule has 2 rings (SSSR count). The number of hydrogen-bond acceptors (Lipinski definition) is 4. The Morgan fingerprint density at radius 1 is 1.39 bits per heavy atom. The summed E-state index contributed by atoms with van der Waals surface area (Å²) in [6.45, 7) is 10.8. The summed E-state index contributed by atoms with van der Waals surface area (Å²) in [5.74, 6) is 0. The molecular formula is C13H22BrN3S. The van der Waals surface area contributed by atoms with E-state index in [0.717, 1.165) is 19.6 Å². The van der Waals surface area contributed by atoms with Gasteiger partial charge in [-0.1, -0.05) is 6.92 Å². The highest BCUT2D eigenvalue weighted by atomic mass is 79.9. The van der Waals surface area contributed by atoms with Gasteiger partial charge in [-0.2, -0.15) is 0 Å². The number of aryl methyl sites for hydroxylation is 1. The van der Waals surface area contributed by atoms with Gasteiger partial charge >= 0.3 is 0 Å². The summed E-state index contributed by atoms with van der Waals surface area (Å²) < 4.78 is 1.22. The number of thiophene rings is 1. The van der Waals surface area contributed by atoms with E-state index >= 15 is 0 Å². The van der Waals surface area contributed by atoms with E-state index in [4.69, 9.17) is 5.73 Å². The molecule has 0 spiro atoms. The zero-order valence-corrected chi connectivity index (χ0v) is 13.6. The quantitative estimate of drug-likeness (QED) is 0.919. The maximum Gasteiger partial charge on any atom is 0.0565 e. The summed E-state index contributed by atoms with van der Waals surface area (Å²) in [7, 11) is 0. The van der Waals surface area contributed by atoms with Gasteiger partial charge in [0.05, 0.1) is 6.04 Å². The van der Waals surface area contributed by atoms with Gasteiger partial charge in [0.1, 0.15) is 0 Å². The van der Waals surface area contributed by atoms with Crippen LogP contribution in [0, 0.1) is 6.92 Å². The molecule has 5 heteroatoms. The van der Waals surface area contributed by atoms with Crippen molar-refractivity contribution in [1.29, 1.82) is 0 Å². The highest BCUT2D eigenvalue weighted by molar-refractivity contribution is 9.10. The Morgan fingerprint density at radius 3 is 2.50 bits per heavy atom. The van der Waals surface area contributed by atoms with Crippen molar-refractivity contribution in [1.82, 2.24) is 9.80 Å². The summed E-state index contributed by atoms with van der Waals surface area (Å²) in [5, 5.41) is 0. The van der Waals surface area contributed by atoms with Gasteiger partial charge in [-0.25, -0.2) is 0 Å². The molecule has 1 fully saturated rings. The first kappa shape index (κ1) is 14.5. The van der Waals surface area contributed by atoms with Crippen LogP contribution in [-0.4, -0.2) is 49.1 Å². The van der Waals surface area contributed by atoms with Gasteiger partial charge in [-0.15, -0.1) is 11.3 Å². The van der Waals surface area contributed by atoms with E-state index in [-0.39, 0.29) is 0 Å². The standard InChI is InChI=1S/C13H22BrN3S/c1-3-16-4-6-17(7-5-16)12(9-15)13-8-11(14)10(2)18-13/h8,12H,3-7,9,15H2,1-2H3. The second kappa shape index (κ2) is 6.48. The van der Waals surface area contributed by atoms with Gasteiger partial charge < -0.3 is 10.6 Å². The van der Waals surface area contributed by atoms with E-state index in [1.165, 1.54) is 27.3 Å². The smallest absolute Gasteiger partial charge is 0.0565 e. The minimum Gasteiger partial charge on any atom is -0.329 e. The zero-order chi connectivity index (χ0) is 13.1. The molecule has 0 radical (unpaired) electrons. The van der Waals surface area contributed by atoms with Crippen molar-refractivity contribution in [3.05, 3.63) is 20.3 Å². The molecule has 0 amide bonds. The van der Waals surface area contributed by atoms with Crippen molar-refractivity contribution in [3.8, 4) is 0 Å². The SMILES string of the molecule is CCN1CCN(C(CN)c2cc(Br)c(C)s2)CC1. The third-order valence-electron chi connectivity index (χ3n) is 3.72. The minimum absolute atomic E-state index is 0.388. The van der Waals surface area contributed by atoms with E-state index in [1.807, 2.05) is 11.3 Å². The molecule has 0 bridgehead atoms. The Morgan fingerprint density at radius 2 is 2.06 bits per heavy atom. The maximum atomic E-state index is 6.00. The third-order valence-corrected chi connectivity index (χ3v) is 5.96. The Balaban J connectivity index is 2.05. The van der Waals surface area contributed by atoms with Crippen LogP contribution in [0.2, 0.25) is 0 Å². The zero-order valence-electron chi connectivity index (χ0n) is 11.2. The van der Waals surface area contributed by atoms with Crippen molar-refractivity contribution >= 4 is 27.3 Å². The van der Waals surface area contributed by atoms with Gasteiger partial charge in [0, 0.05) is 47.0 Å². The molecule has 2 N–H and O–H groups in total. The molecule has 1 aliphatic rings. The van der Waals surface area contributed by atoms with Gasteiger partial charge in [-0.3, -0.25) is 4.90 Å². The molecule has 1 unspecified atom stereocenters. The first-order chi connectivity index (χ1) is 8.65. The highest BCUT2D eigenvalue weighted by Crippen LogP contribution is 2.33. The van der Waals surface area contributed by atoms with E-state index in [0.29, 0.717) is 12.6 Å². The molecule has 18 heavy (non-hydrogen) atoms. The number of hydrogen-bond donors (Lipinski definition) is 1. The second-order valence-electron chi connectivity index (χ2n) is 4.77. The molecule has 1 aromatic rings. The van der Waals surface area contributed by atoms with E-state index < -0.39 is 0 Å². The number of nitrogens with zero attached hydrogens (tertiary/aromatic N) is 2. The lowest BCUT2D eigenvalue weighted by Crippen LogP contribution is -2.48. The average Bonchev–Trinajstić information content (AvgIpc) is 2.71. The van der Waals surface area contributed by atoms with Gasteiger partial charge in [0.2, 0.25) is 0 Å². The number of likely N-dealkylation sites (N-methyl/N-ethyl adjacent to an activating group) is 1. The van der Waals surface area contributed by atoms with Crippen molar-refractivity contribution in [2.75, 3.05) is 39.3 Å². The Hall–Kier alpha value is 0.0600. The molecule has 0 aliphatic carbocycles. The molecule has 1 atom stereocenters. The number of nitrogens with two attached hydrogens (primary N) is 1. The van der Waals surface area contributed by atoms with E-state index in [2.05, 4.69) is 45.6 Å². The van der Waals surface area contributed by atoms with Crippen LogP contribution in [0.1, 0.15) is 22.7 Å². The van der Waals surface area contributed by atoms with Crippen LogP contribution in [0.5, 0.6) is 0 Å². The van der Waals surface area contributed by atoms with Crippen molar-refractivity contribution < 1.29 is 0 Å². The topological polar surface area (TPSA) is 32.5 Å². The van der Waals surface area contributed by atoms with E-state index in [1.54, 1.807) is 0 Å². The molecule has 1 saturated heterocycles. The molecule has 102 valence electrons. The molecule has 3 nitrogen and oxygen atoms in total. The van der Waals surface area contributed by atoms with Gasteiger partial charge in [0.25, 0.3) is 0 Å². The number of piperazine rings is 1. The molecule has 1 aliphatic heterocycles. The monoisotopic (exact) mass is 331 g/mol. The summed E-state index contributed by atoms with van der Waals surface area (Å²) in [6.07, 6.45) is 0. The van der Waals surface area contributed by atoms with Crippen LogP contribution < -0.4 is 5.73 Å². The normalized spacial score (nSPS) is 20.2. The molecule has 0 saturated carbocycles. The number of halogens is 1. The lowest BCUT2D eigenvalue weighted by atomic mass is 10.1. The first-order valence-corrected chi connectivity index (χ1v) is 8.19. The van der Waals surface area contributed by atoms with Crippen LogP contribution in [0.15, 0.2) is 10.5 Å². The minimum atomic E-state index is 0.388. The van der Waals surface area contributed by atoms with Crippen molar-refractivity contribution in [2.24, 2.45) is 5.73 Å². The first-order valence-electron chi connectivity index (χ1n) is 6.58. The predicted octanol–water partition coefficient (Wildman–Crippen LogP) is 2.46. The average molecular weight is 332 g/mol. The van der Waals surface area contributed by atoms with Crippen LogP contribution in [0.4, 0.5) is 0 Å². The summed E-state index contributed by atoms with van der Waals surface area (Å²) >= 11 is 5.47. The highest BCUT2D eigenvalue weighted by Gasteiger charge is 2.25. The van der Waals surface area contributed by atoms with Crippen LogP contribution >= 0.6 is 27.3 Å². The fourth-order valence-corrected chi connectivity index (χ4v) is 4.19. The summed E-state index contributed by atoms with van der Waals surface area (Å²) in [6, 6.07) is 2.63. The Labute approximate surface area is 122 Å². The summed E-state index contributed by atoms with van der Waals surface area (Å²) in [4.78, 5) is 7.77. The molecule has 2 heterocycles. The molecule has 0 aromatic carbocycles. The predicted molar refractivity (Wildman–Crippen MR) is 82.2 cm³/mol. The largest absolute Gasteiger partial charge is 0.329 e. The molecule has 1 aromatic heterocycles. The van der Waals surface area contributed by atoms with Crippen LogP contribution in [-0.2, 0) is 0 Å². The van der Waals surface area contributed by atoms with Crippen LogP contribution in [0.25, 0.3) is 0 Å². The van der Waals surface area contributed by atoms with Gasteiger partial charge in [0.15, 0.2) is 0 Å². The maximum absolute atomic E-state index is 6.00. The van der Waals surface area contributed by atoms with Crippen LogP contribution in [0.3, 0.4) is 0 Å². The fourth-order valence-electron chi connectivity index (χ4n) is 2.48.